The summed E-state index contributed by atoms with van der Waals surface area (Å²) in [7, 11) is 0. The number of hydrogen-bond donors (Lipinski definition) is 1. The van der Waals surface area contributed by atoms with Crippen molar-refractivity contribution in [2.75, 3.05) is 5.75 Å². The maximum atomic E-state index is 13.3. The Morgan fingerprint density at radius 2 is 1.81 bits per heavy atom. The molecule has 0 radical (unpaired) electrons. The minimum absolute atomic E-state index is 0.0403. The lowest BCUT2D eigenvalue weighted by atomic mass is 9.90. The third-order valence-corrected chi connectivity index (χ3v) is 6.52. The van der Waals surface area contributed by atoms with Gasteiger partial charge in [-0.1, -0.05) is 68.1 Å². The van der Waals surface area contributed by atoms with E-state index in [4.69, 9.17) is 0 Å². The molecule has 31 heavy (non-hydrogen) atoms. The number of nitrogens with one attached hydrogen (secondary N) is 1. The van der Waals surface area contributed by atoms with Gasteiger partial charge < -0.3 is 5.32 Å². The average molecular weight is 435 g/mol. The van der Waals surface area contributed by atoms with Crippen molar-refractivity contribution < 1.29 is 4.79 Å². The number of aromatic nitrogens is 2. The fourth-order valence-corrected chi connectivity index (χ4v) is 4.08. The van der Waals surface area contributed by atoms with E-state index in [0.717, 1.165) is 5.56 Å². The number of nitrogens with zero attached hydrogens (tertiary/aromatic N) is 3. The largest absolute Gasteiger partial charge is 0.337 e. The standard InChI is InChI=1S/C24H26N4O2S/c1-16(2)24(4,15-25)27-21(29)14-31-23-26-20-13-9-8-12-19(20)22(30)28(23)17(3)18-10-6-5-7-11-18/h5-13,16-17H,14H2,1-4H3,(H,27,29). The van der Waals surface area contributed by atoms with Crippen LogP contribution in [0.25, 0.3) is 10.9 Å². The summed E-state index contributed by atoms with van der Waals surface area (Å²) in [5, 5.41) is 13.3. The Kier molecular flexibility index (Phi) is 6.81. The van der Waals surface area contributed by atoms with E-state index < -0.39 is 5.54 Å². The smallest absolute Gasteiger partial charge is 0.262 e. The number of rotatable bonds is 7. The van der Waals surface area contributed by atoms with E-state index in [1.54, 1.807) is 23.6 Å². The van der Waals surface area contributed by atoms with Crippen molar-refractivity contribution in [2.24, 2.45) is 5.92 Å². The number of hydrogen-bond acceptors (Lipinski definition) is 5. The maximum Gasteiger partial charge on any atom is 0.262 e. The van der Waals surface area contributed by atoms with E-state index in [1.807, 2.05) is 63.2 Å². The van der Waals surface area contributed by atoms with Crippen molar-refractivity contribution in [3.8, 4) is 6.07 Å². The first kappa shape index (κ1) is 22.6. The first-order chi connectivity index (χ1) is 14.8. The number of thioether (sulfide) groups is 1. The van der Waals surface area contributed by atoms with Gasteiger partial charge in [-0.2, -0.15) is 5.26 Å². The van der Waals surface area contributed by atoms with Crippen LogP contribution in [0, 0.1) is 17.2 Å². The Bertz CT molecular complexity index is 1180. The SMILES string of the molecule is CC(c1ccccc1)n1c(SCC(=O)NC(C)(C#N)C(C)C)nc2ccccc2c1=O. The van der Waals surface area contributed by atoms with Gasteiger partial charge in [-0.05, 0) is 37.5 Å². The summed E-state index contributed by atoms with van der Waals surface area (Å²) in [6.45, 7) is 7.44. The number of nitriles is 1. The number of carbonyl (C=O) groups excluding carboxylic acids is 1. The van der Waals surface area contributed by atoms with Crippen LogP contribution in [-0.4, -0.2) is 26.8 Å². The van der Waals surface area contributed by atoms with Crippen molar-refractivity contribution in [1.29, 1.82) is 5.26 Å². The van der Waals surface area contributed by atoms with Crippen LogP contribution < -0.4 is 10.9 Å². The Balaban J connectivity index is 1.97. The number of benzene rings is 2. The van der Waals surface area contributed by atoms with Gasteiger partial charge in [-0.15, -0.1) is 0 Å². The van der Waals surface area contributed by atoms with Gasteiger partial charge in [-0.25, -0.2) is 4.98 Å². The molecule has 0 saturated heterocycles. The topological polar surface area (TPSA) is 87.8 Å². The van der Waals surface area contributed by atoms with E-state index in [-0.39, 0.29) is 29.2 Å². The molecule has 0 spiro atoms. The summed E-state index contributed by atoms with van der Waals surface area (Å²) in [6.07, 6.45) is 0. The minimum atomic E-state index is -0.953. The third kappa shape index (κ3) is 4.80. The highest BCUT2D eigenvalue weighted by molar-refractivity contribution is 7.99. The molecular formula is C24H26N4O2S. The Morgan fingerprint density at radius 1 is 1.16 bits per heavy atom. The molecule has 1 aromatic heterocycles. The molecule has 6 nitrogen and oxygen atoms in total. The second kappa shape index (κ2) is 9.36. The summed E-state index contributed by atoms with van der Waals surface area (Å²) in [5.41, 5.74) is 0.473. The van der Waals surface area contributed by atoms with Crippen LogP contribution in [0.3, 0.4) is 0 Å². The van der Waals surface area contributed by atoms with E-state index in [0.29, 0.717) is 16.1 Å². The molecule has 0 bridgehead atoms. The Labute approximate surface area is 186 Å². The molecule has 1 amide bonds. The van der Waals surface area contributed by atoms with Crippen LogP contribution in [0.5, 0.6) is 0 Å². The number of fused-ring (bicyclic) bond motifs is 1. The molecule has 3 aromatic rings. The molecule has 0 saturated carbocycles. The van der Waals surface area contributed by atoms with Crippen molar-refractivity contribution in [2.45, 2.75) is 44.4 Å². The van der Waals surface area contributed by atoms with Gasteiger partial charge in [-0.3, -0.25) is 14.2 Å². The lowest BCUT2D eigenvalue weighted by Gasteiger charge is -2.27. The van der Waals surface area contributed by atoms with Crippen molar-refractivity contribution in [3.05, 3.63) is 70.5 Å². The van der Waals surface area contributed by atoms with Crippen LogP contribution in [0.4, 0.5) is 0 Å². The molecule has 2 unspecified atom stereocenters. The summed E-state index contributed by atoms with van der Waals surface area (Å²) >= 11 is 1.20. The van der Waals surface area contributed by atoms with Gasteiger partial charge in [0.2, 0.25) is 5.91 Å². The molecule has 0 aliphatic heterocycles. The molecule has 2 atom stereocenters. The average Bonchev–Trinajstić information content (AvgIpc) is 2.77. The highest BCUT2D eigenvalue weighted by atomic mass is 32.2. The summed E-state index contributed by atoms with van der Waals surface area (Å²) in [4.78, 5) is 30.6. The van der Waals surface area contributed by atoms with Crippen molar-refractivity contribution in [1.82, 2.24) is 14.9 Å². The number of carbonyl (C=O) groups is 1. The summed E-state index contributed by atoms with van der Waals surface area (Å²) in [5.74, 6) is -0.262. The fourth-order valence-electron chi connectivity index (χ4n) is 3.21. The monoisotopic (exact) mass is 434 g/mol. The zero-order chi connectivity index (χ0) is 22.6. The molecule has 0 fully saturated rings. The Hall–Kier alpha value is -3.11. The molecule has 3 rings (SSSR count). The highest BCUT2D eigenvalue weighted by Gasteiger charge is 2.30. The van der Waals surface area contributed by atoms with Crippen LogP contribution in [-0.2, 0) is 4.79 Å². The van der Waals surface area contributed by atoms with Gasteiger partial charge in [0.25, 0.3) is 5.56 Å². The zero-order valence-electron chi connectivity index (χ0n) is 18.1. The first-order valence-electron chi connectivity index (χ1n) is 10.2. The van der Waals surface area contributed by atoms with Crippen LogP contribution in [0.2, 0.25) is 0 Å². The van der Waals surface area contributed by atoms with E-state index in [1.165, 1.54) is 11.8 Å². The van der Waals surface area contributed by atoms with Gasteiger partial charge in [0, 0.05) is 0 Å². The van der Waals surface area contributed by atoms with Gasteiger partial charge in [0.05, 0.1) is 28.8 Å². The Morgan fingerprint density at radius 3 is 2.45 bits per heavy atom. The first-order valence-corrected chi connectivity index (χ1v) is 11.2. The molecule has 160 valence electrons. The minimum Gasteiger partial charge on any atom is -0.337 e. The fraction of sp³-hybridized carbons (Fsp3) is 0.333. The molecule has 0 aliphatic carbocycles. The normalized spacial score (nSPS) is 14.1. The summed E-state index contributed by atoms with van der Waals surface area (Å²) in [6, 6.07) is 18.9. The quantitative estimate of drug-likeness (QED) is 0.446. The van der Waals surface area contributed by atoms with Gasteiger partial charge in [0.1, 0.15) is 5.54 Å². The van der Waals surface area contributed by atoms with E-state index in [9.17, 15) is 14.9 Å². The van der Waals surface area contributed by atoms with Crippen molar-refractivity contribution >= 4 is 28.6 Å². The van der Waals surface area contributed by atoms with Crippen LogP contribution in [0.1, 0.15) is 39.3 Å². The molecule has 1 N–H and O–H groups in total. The summed E-state index contributed by atoms with van der Waals surface area (Å²) < 4.78 is 1.64. The molecule has 0 aliphatic rings. The van der Waals surface area contributed by atoms with Gasteiger partial charge in [0.15, 0.2) is 5.16 Å². The lowest BCUT2D eigenvalue weighted by molar-refractivity contribution is -0.120. The molecule has 2 aromatic carbocycles. The second-order valence-corrected chi connectivity index (χ2v) is 8.92. The lowest BCUT2D eigenvalue weighted by Crippen LogP contribution is -2.49. The van der Waals surface area contributed by atoms with Crippen LogP contribution >= 0.6 is 11.8 Å². The van der Waals surface area contributed by atoms with Crippen LogP contribution in [0.15, 0.2) is 64.5 Å². The number of para-hydroxylation sites is 1. The third-order valence-electron chi connectivity index (χ3n) is 5.56. The maximum absolute atomic E-state index is 13.3. The van der Waals surface area contributed by atoms with E-state index in [2.05, 4.69) is 16.4 Å². The predicted molar refractivity (Wildman–Crippen MR) is 124 cm³/mol. The number of amides is 1. The molecular weight excluding hydrogens is 408 g/mol. The molecule has 1 heterocycles. The molecule has 7 heteroatoms. The van der Waals surface area contributed by atoms with Gasteiger partial charge >= 0.3 is 0 Å². The zero-order valence-corrected chi connectivity index (χ0v) is 18.9. The van der Waals surface area contributed by atoms with E-state index >= 15 is 0 Å². The predicted octanol–water partition coefficient (Wildman–Crippen LogP) is 4.15. The highest BCUT2D eigenvalue weighted by Crippen LogP contribution is 2.25. The van der Waals surface area contributed by atoms with Crippen molar-refractivity contribution in [3.63, 3.8) is 0 Å². The second-order valence-electron chi connectivity index (χ2n) is 7.98.